The van der Waals surface area contributed by atoms with Gasteiger partial charge in [0.15, 0.2) is 0 Å². The number of carbonyl (C=O) groups excluding carboxylic acids is 1. The fourth-order valence-electron chi connectivity index (χ4n) is 4.23. The van der Waals surface area contributed by atoms with E-state index in [1.54, 1.807) is 6.92 Å². The lowest BCUT2D eigenvalue weighted by atomic mass is 10.0. The normalized spacial score (nSPS) is 13.0. The molecule has 2 nitrogen and oxygen atoms in total. The second-order valence-corrected chi connectivity index (χ2v) is 8.43. The number of para-hydroxylation sites is 1. The van der Waals surface area contributed by atoms with E-state index < -0.39 is 0 Å². The van der Waals surface area contributed by atoms with Gasteiger partial charge in [-0.3, -0.25) is 0 Å². The van der Waals surface area contributed by atoms with Gasteiger partial charge in [0.05, 0.1) is 13.5 Å². The van der Waals surface area contributed by atoms with Crippen molar-refractivity contribution in [2.24, 2.45) is 0 Å². The molecule has 4 aromatic carbocycles. The van der Waals surface area contributed by atoms with Gasteiger partial charge in [0.1, 0.15) is 12.2 Å². The van der Waals surface area contributed by atoms with Crippen LogP contribution in [0.3, 0.4) is 0 Å². The standard InChI is InChI=1S/C31H30NO/c1-26(33)32(31-15-9-4-10-16-31,25-30-13-7-3-8-14-30)24-23-29-21-19-28(20-22-29)18-17-27-11-5-2-6-12-27/h2-22H,23-25H2,1H3/q+1/b18-17+. The summed E-state index contributed by atoms with van der Waals surface area (Å²) in [5, 5.41) is 0. The van der Waals surface area contributed by atoms with Crippen LogP contribution in [0.5, 0.6) is 0 Å². The summed E-state index contributed by atoms with van der Waals surface area (Å²) in [4.78, 5) is 13.1. The molecule has 1 atom stereocenters. The molecular weight excluding hydrogens is 402 g/mol. The average molecular weight is 433 g/mol. The zero-order chi connectivity index (χ0) is 22.9. The predicted molar refractivity (Wildman–Crippen MR) is 139 cm³/mol. The molecule has 0 saturated carbocycles. The fourth-order valence-corrected chi connectivity index (χ4v) is 4.23. The van der Waals surface area contributed by atoms with E-state index in [0.29, 0.717) is 17.6 Å². The van der Waals surface area contributed by atoms with Gasteiger partial charge >= 0.3 is 5.91 Å². The number of benzene rings is 4. The molecule has 4 aromatic rings. The van der Waals surface area contributed by atoms with Gasteiger partial charge in [0.2, 0.25) is 0 Å². The number of carbonyl (C=O) groups is 1. The van der Waals surface area contributed by atoms with E-state index in [1.165, 1.54) is 16.7 Å². The molecule has 4 rings (SSSR count). The molecule has 0 fully saturated rings. The van der Waals surface area contributed by atoms with Crippen LogP contribution in [0.2, 0.25) is 0 Å². The van der Waals surface area contributed by atoms with Crippen molar-refractivity contribution in [2.45, 2.75) is 19.9 Å². The number of nitrogens with zero attached hydrogens (tertiary/aromatic N) is 1. The fraction of sp³-hybridized carbons (Fsp3) is 0.129. The molecular formula is C31H30NO+. The van der Waals surface area contributed by atoms with Crippen LogP contribution >= 0.6 is 0 Å². The van der Waals surface area contributed by atoms with Crippen LogP contribution in [0, 0.1) is 0 Å². The monoisotopic (exact) mass is 432 g/mol. The highest BCUT2D eigenvalue weighted by Gasteiger charge is 2.36. The Morgan fingerprint density at radius 3 is 1.73 bits per heavy atom. The number of quaternary nitrogens is 1. The number of hydrogen-bond donors (Lipinski definition) is 0. The van der Waals surface area contributed by atoms with Crippen molar-refractivity contribution in [2.75, 3.05) is 6.54 Å². The first-order valence-electron chi connectivity index (χ1n) is 11.5. The third-order valence-corrected chi connectivity index (χ3v) is 6.18. The van der Waals surface area contributed by atoms with Crippen molar-refractivity contribution >= 4 is 23.7 Å². The summed E-state index contributed by atoms with van der Waals surface area (Å²) in [6.45, 7) is 3.08. The average Bonchev–Trinajstić information content (AvgIpc) is 2.87. The Bertz CT molecular complexity index is 1180. The van der Waals surface area contributed by atoms with Gasteiger partial charge in [-0.05, 0) is 28.8 Å². The van der Waals surface area contributed by atoms with Crippen LogP contribution in [0.15, 0.2) is 115 Å². The summed E-state index contributed by atoms with van der Waals surface area (Å²) in [5.74, 6) is 0.160. The first-order chi connectivity index (χ1) is 16.2. The van der Waals surface area contributed by atoms with E-state index in [2.05, 4.69) is 72.8 Å². The van der Waals surface area contributed by atoms with Crippen LogP contribution in [-0.4, -0.2) is 12.5 Å². The smallest absolute Gasteiger partial charge is 0.231 e. The lowest BCUT2D eigenvalue weighted by molar-refractivity contribution is -0.128. The molecule has 0 N–H and O–H groups in total. The van der Waals surface area contributed by atoms with E-state index in [1.807, 2.05) is 54.6 Å². The van der Waals surface area contributed by atoms with E-state index in [-0.39, 0.29) is 5.91 Å². The van der Waals surface area contributed by atoms with Crippen LogP contribution in [0.4, 0.5) is 5.69 Å². The quantitative estimate of drug-likeness (QED) is 0.213. The summed E-state index contributed by atoms with van der Waals surface area (Å²) >= 11 is 0. The van der Waals surface area contributed by atoms with Gasteiger partial charge in [-0.1, -0.05) is 115 Å². The van der Waals surface area contributed by atoms with Crippen molar-refractivity contribution in [1.82, 2.24) is 4.48 Å². The molecule has 1 amide bonds. The van der Waals surface area contributed by atoms with Crippen molar-refractivity contribution < 1.29 is 4.79 Å². The van der Waals surface area contributed by atoms with Gasteiger partial charge in [-0.25, -0.2) is 9.28 Å². The Morgan fingerprint density at radius 1 is 0.636 bits per heavy atom. The molecule has 0 heterocycles. The lowest BCUT2D eigenvalue weighted by Gasteiger charge is -2.35. The molecule has 0 aliphatic rings. The number of hydrogen-bond acceptors (Lipinski definition) is 1. The minimum atomic E-state index is 0.160. The second-order valence-electron chi connectivity index (χ2n) is 8.43. The maximum absolute atomic E-state index is 13.1. The Labute approximate surface area is 197 Å². The van der Waals surface area contributed by atoms with Crippen molar-refractivity contribution in [1.29, 1.82) is 0 Å². The van der Waals surface area contributed by atoms with Crippen molar-refractivity contribution in [3.05, 3.63) is 138 Å². The summed E-state index contributed by atoms with van der Waals surface area (Å²) in [6.07, 6.45) is 5.08. The number of rotatable bonds is 8. The maximum Gasteiger partial charge on any atom is 0.315 e. The second kappa shape index (κ2) is 10.7. The molecule has 0 aliphatic heterocycles. The van der Waals surface area contributed by atoms with Gasteiger partial charge in [-0.2, -0.15) is 0 Å². The summed E-state index contributed by atoms with van der Waals surface area (Å²) in [5.41, 5.74) is 5.80. The first kappa shape index (κ1) is 22.4. The molecule has 0 aliphatic carbocycles. The minimum Gasteiger partial charge on any atom is -0.231 e. The highest BCUT2D eigenvalue weighted by Crippen LogP contribution is 2.28. The zero-order valence-electron chi connectivity index (χ0n) is 19.1. The Kier molecular flexibility index (Phi) is 7.29. The van der Waals surface area contributed by atoms with Crippen LogP contribution in [0.1, 0.15) is 29.2 Å². The van der Waals surface area contributed by atoms with Gasteiger partial charge in [-0.15, -0.1) is 0 Å². The van der Waals surface area contributed by atoms with Crippen molar-refractivity contribution in [3.63, 3.8) is 0 Å². The van der Waals surface area contributed by atoms with E-state index in [9.17, 15) is 4.79 Å². The highest BCUT2D eigenvalue weighted by molar-refractivity contribution is 5.86. The molecule has 0 radical (unpaired) electrons. The van der Waals surface area contributed by atoms with E-state index in [4.69, 9.17) is 0 Å². The van der Waals surface area contributed by atoms with Crippen molar-refractivity contribution in [3.8, 4) is 0 Å². The van der Waals surface area contributed by atoms with Gasteiger partial charge < -0.3 is 0 Å². The van der Waals surface area contributed by atoms with Crippen LogP contribution < -0.4 is 4.48 Å². The molecule has 0 aromatic heterocycles. The molecule has 164 valence electrons. The van der Waals surface area contributed by atoms with Gasteiger partial charge in [0, 0.05) is 12.0 Å². The lowest BCUT2D eigenvalue weighted by Crippen LogP contribution is -2.53. The summed E-state index contributed by atoms with van der Waals surface area (Å²) < 4.78 is 0.306. The maximum atomic E-state index is 13.1. The number of amides is 1. The predicted octanol–water partition coefficient (Wildman–Crippen LogP) is 7.15. The van der Waals surface area contributed by atoms with Gasteiger partial charge in [0.25, 0.3) is 0 Å². The molecule has 0 saturated heterocycles. The third kappa shape index (κ3) is 5.74. The molecule has 0 spiro atoms. The molecule has 2 heteroatoms. The van der Waals surface area contributed by atoms with E-state index >= 15 is 0 Å². The van der Waals surface area contributed by atoms with Crippen LogP contribution in [0.25, 0.3) is 12.2 Å². The summed E-state index contributed by atoms with van der Waals surface area (Å²) in [7, 11) is 0. The topological polar surface area (TPSA) is 17.1 Å². The minimum absolute atomic E-state index is 0.160. The Balaban J connectivity index is 1.54. The largest absolute Gasteiger partial charge is 0.315 e. The zero-order valence-corrected chi connectivity index (χ0v) is 19.1. The van der Waals surface area contributed by atoms with E-state index in [0.717, 1.165) is 17.7 Å². The molecule has 0 bridgehead atoms. The SMILES string of the molecule is CC(=O)[N+](CCc1ccc(/C=C/c2ccccc2)cc1)(Cc1ccccc1)c1ccccc1. The molecule has 1 unspecified atom stereocenters. The Morgan fingerprint density at radius 2 is 1.15 bits per heavy atom. The third-order valence-electron chi connectivity index (χ3n) is 6.18. The first-order valence-corrected chi connectivity index (χ1v) is 11.5. The Hall–Kier alpha value is -3.75. The molecule has 33 heavy (non-hydrogen) atoms. The summed E-state index contributed by atoms with van der Waals surface area (Å²) in [6, 6.07) is 39.4. The highest BCUT2D eigenvalue weighted by atomic mass is 16.2. The van der Waals surface area contributed by atoms with Crippen LogP contribution in [-0.2, 0) is 17.8 Å².